The lowest BCUT2D eigenvalue weighted by Gasteiger charge is -2.39. The van der Waals surface area contributed by atoms with Crippen LogP contribution in [0.1, 0.15) is 27.2 Å². The van der Waals surface area contributed by atoms with Gasteiger partial charge in [-0.2, -0.15) is 11.8 Å². The summed E-state index contributed by atoms with van der Waals surface area (Å²) in [6.07, 6.45) is 2.99. The third-order valence-electron chi connectivity index (χ3n) is 4.10. The minimum Gasteiger partial charge on any atom is -0.480 e. The maximum Gasteiger partial charge on any atom is 0.327 e. The number of carbonyl (C=O) groups is 2. The summed E-state index contributed by atoms with van der Waals surface area (Å²) in [6.45, 7) is 8.32. The van der Waals surface area contributed by atoms with Gasteiger partial charge in [0.05, 0.1) is 0 Å². The number of rotatable bonds is 1. The van der Waals surface area contributed by atoms with Crippen LogP contribution in [0, 0.1) is 5.41 Å². The van der Waals surface area contributed by atoms with Gasteiger partial charge in [0.25, 0.3) is 0 Å². The van der Waals surface area contributed by atoms with Crippen LogP contribution in [0.4, 0.5) is 4.79 Å². The molecule has 2 aliphatic heterocycles. The zero-order valence-corrected chi connectivity index (χ0v) is 13.8. The van der Waals surface area contributed by atoms with Crippen molar-refractivity contribution in [3.8, 4) is 0 Å². The largest absolute Gasteiger partial charge is 0.480 e. The fraction of sp³-hybridized carbons (Fsp3) is 0.733. The first-order valence-electron chi connectivity index (χ1n) is 7.36. The van der Waals surface area contributed by atoms with Gasteiger partial charge < -0.3 is 14.9 Å². The number of urea groups is 1. The Kier molecular flexibility index (Phi) is 4.86. The lowest BCUT2D eigenvalue weighted by Crippen LogP contribution is -2.55. The van der Waals surface area contributed by atoms with Crippen LogP contribution in [0.15, 0.2) is 11.6 Å². The van der Waals surface area contributed by atoms with Crippen LogP contribution < -0.4 is 0 Å². The number of aliphatic carboxylic acids is 1. The van der Waals surface area contributed by atoms with Crippen molar-refractivity contribution in [2.45, 2.75) is 33.2 Å². The Morgan fingerprint density at radius 1 is 1.33 bits per heavy atom. The third kappa shape index (κ3) is 3.73. The fourth-order valence-electron chi connectivity index (χ4n) is 2.74. The number of carboxylic acid groups (broad SMARTS) is 1. The van der Waals surface area contributed by atoms with E-state index in [4.69, 9.17) is 0 Å². The van der Waals surface area contributed by atoms with Crippen molar-refractivity contribution in [1.82, 2.24) is 9.80 Å². The quantitative estimate of drug-likeness (QED) is 0.755. The number of amides is 2. The first kappa shape index (κ1) is 16.2. The van der Waals surface area contributed by atoms with Crippen molar-refractivity contribution in [3.63, 3.8) is 0 Å². The summed E-state index contributed by atoms with van der Waals surface area (Å²) in [4.78, 5) is 27.2. The first-order chi connectivity index (χ1) is 9.80. The molecule has 0 aromatic heterocycles. The summed E-state index contributed by atoms with van der Waals surface area (Å²) >= 11 is 1.60. The average Bonchev–Trinajstić information content (AvgIpc) is 2.45. The standard InChI is InChI=1S/C15H24N2O3S/c1-15(2,3)11-4-6-16(7-5-11)14(20)17-8-9-21-10-12(17)13(18)19/h4,12H,5-10H2,1-3H3,(H,18,19). The van der Waals surface area contributed by atoms with Gasteiger partial charge in [0.15, 0.2) is 0 Å². The van der Waals surface area contributed by atoms with Crippen LogP contribution in [0.3, 0.4) is 0 Å². The second kappa shape index (κ2) is 6.30. The molecule has 1 unspecified atom stereocenters. The van der Waals surface area contributed by atoms with Crippen LogP contribution in [-0.2, 0) is 4.79 Å². The van der Waals surface area contributed by atoms with E-state index in [1.165, 1.54) is 10.5 Å². The number of carbonyl (C=O) groups excluding carboxylic acids is 1. The number of hydrogen-bond acceptors (Lipinski definition) is 3. The maximum atomic E-state index is 12.6. The molecule has 0 saturated carbocycles. The molecule has 0 aromatic rings. The smallest absolute Gasteiger partial charge is 0.327 e. The van der Waals surface area contributed by atoms with Crippen LogP contribution >= 0.6 is 11.8 Å². The highest BCUT2D eigenvalue weighted by Crippen LogP contribution is 2.30. The Labute approximate surface area is 130 Å². The molecule has 0 aromatic carbocycles. The monoisotopic (exact) mass is 312 g/mol. The van der Waals surface area contributed by atoms with Crippen LogP contribution in [0.5, 0.6) is 0 Å². The summed E-state index contributed by atoms with van der Waals surface area (Å²) in [6, 6.07) is -0.823. The molecule has 1 fully saturated rings. The van der Waals surface area contributed by atoms with E-state index in [1.54, 1.807) is 16.7 Å². The van der Waals surface area contributed by atoms with Crippen LogP contribution in [0.2, 0.25) is 0 Å². The molecule has 2 heterocycles. The molecular formula is C15H24N2O3S. The summed E-state index contributed by atoms with van der Waals surface area (Å²) < 4.78 is 0. The second-order valence-electron chi connectivity index (χ2n) is 6.58. The maximum absolute atomic E-state index is 12.6. The van der Waals surface area contributed by atoms with Gasteiger partial charge in [-0.05, 0) is 11.8 Å². The van der Waals surface area contributed by atoms with Crippen molar-refractivity contribution in [2.24, 2.45) is 5.41 Å². The molecule has 0 radical (unpaired) electrons. The molecule has 2 rings (SSSR count). The van der Waals surface area contributed by atoms with E-state index in [2.05, 4.69) is 26.8 Å². The Morgan fingerprint density at radius 3 is 2.57 bits per heavy atom. The Bertz CT molecular complexity index is 456. The predicted molar refractivity (Wildman–Crippen MR) is 84.6 cm³/mol. The molecule has 0 aliphatic carbocycles. The van der Waals surface area contributed by atoms with Crippen LogP contribution in [0.25, 0.3) is 0 Å². The number of hydrogen-bond donors (Lipinski definition) is 1. The Hall–Kier alpha value is -1.17. The molecule has 1 atom stereocenters. The molecule has 1 saturated heterocycles. The lowest BCUT2D eigenvalue weighted by atomic mass is 9.83. The van der Waals surface area contributed by atoms with Gasteiger partial charge in [0.1, 0.15) is 6.04 Å². The van der Waals surface area contributed by atoms with Gasteiger partial charge in [-0.15, -0.1) is 0 Å². The highest BCUT2D eigenvalue weighted by molar-refractivity contribution is 7.99. The van der Waals surface area contributed by atoms with Gasteiger partial charge >= 0.3 is 12.0 Å². The molecule has 0 bridgehead atoms. The molecule has 6 heteroatoms. The van der Waals surface area contributed by atoms with Crippen LogP contribution in [-0.4, -0.2) is 64.1 Å². The summed E-state index contributed by atoms with van der Waals surface area (Å²) in [5.41, 5.74) is 1.51. The molecule has 1 N–H and O–H groups in total. The Morgan fingerprint density at radius 2 is 2.05 bits per heavy atom. The van der Waals surface area contributed by atoms with E-state index in [0.717, 1.165) is 12.2 Å². The highest BCUT2D eigenvalue weighted by Gasteiger charge is 2.35. The lowest BCUT2D eigenvalue weighted by molar-refractivity contribution is -0.141. The summed E-state index contributed by atoms with van der Waals surface area (Å²) in [5.74, 6) is 0.392. The SMILES string of the molecule is CC(C)(C)C1=CCN(C(=O)N2CCSCC2C(=O)O)CC1. The molecule has 21 heavy (non-hydrogen) atoms. The van der Waals surface area contributed by atoms with Crippen molar-refractivity contribution in [1.29, 1.82) is 0 Å². The predicted octanol–water partition coefficient (Wildman–Crippen LogP) is 2.29. The minimum absolute atomic E-state index is 0.132. The number of nitrogens with zero attached hydrogens (tertiary/aromatic N) is 2. The number of carboxylic acids is 1. The number of thioether (sulfide) groups is 1. The van der Waals surface area contributed by atoms with Gasteiger partial charge in [-0.1, -0.05) is 32.4 Å². The van der Waals surface area contributed by atoms with E-state index in [9.17, 15) is 14.7 Å². The van der Waals surface area contributed by atoms with Gasteiger partial charge in [-0.25, -0.2) is 9.59 Å². The van der Waals surface area contributed by atoms with E-state index >= 15 is 0 Å². The van der Waals surface area contributed by atoms with Crippen molar-refractivity contribution in [3.05, 3.63) is 11.6 Å². The van der Waals surface area contributed by atoms with E-state index in [-0.39, 0.29) is 11.4 Å². The third-order valence-corrected chi connectivity index (χ3v) is 5.12. The zero-order valence-electron chi connectivity index (χ0n) is 13.0. The van der Waals surface area contributed by atoms with Gasteiger partial charge in [-0.3, -0.25) is 0 Å². The Balaban J connectivity index is 2.04. The molecular weight excluding hydrogens is 288 g/mol. The fourth-order valence-corrected chi connectivity index (χ4v) is 3.78. The molecule has 5 nitrogen and oxygen atoms in total. The van der Waals surface area contributed by atoms with Gasteiger partial charge in [0.2, 0.25) is 0 Å². The summed E-state index contributed by atoms with van der Waals surface area (Å²) in [5, 5.41) is 9.27. The summed E-state index contributed by atoms with van der Waals surface area (Å²) in [7, 11) is 0. The molecule has 118 valence electrons. The van der Waals surface area contributed by atoms with Crippen molar-refractivity contribution < 1.29 is 14.7 Å². The van der Waals surface area contributed by atoms with Crippen molar-refractivity contribution in [2.75, 3.05) is 31.1 Å². The highest BCUT2D eigenvalue weighted by atomic mass is 32.2. The van der Waals surface area contributed by atoms with Gasteiger partial charge in [0, 0.05) is 31.1 Å². The second-order valence-corrected chi connectivity index (χ2v) is 7.73. The molecule has 2 amide bonds. The normalized spacial score (nSPS) is 23.8. The van der Waals surface area contributed by atoms with E-state index in [0.29, 0.717) is 25.4 Å². The molecule has 2 aliphatic rings. The topological polar surface area (TPSA) is 60.9 Å². The van der Waals surface area contributed by atoms with Crippen molar-refractivity contribution >= 4 is 23.8 Å². The first-order valence-corrected chi connectivity index (χ1v) is 8.52. The molecule has 0 spiro atoms. The van der Waals surface area contributed by atoms with E-state index in [1.807, 2.05) is 0 Å². The van der Waals surface area contributed by atoms with E-state index < -0.39 is 12.0 Å². The zero-order chi connectivity index (χ0) is 15.6. The minimum atomic E-state index is -0.904. The average molecular weight is 312 g/mol.